The molecule has 1 aromatic heterocycles. The molecule has 0 unspecified atom stereocenters. The molecule has 4 rings (SSSR count). The summed E-state index contributed by atoms with van der Waals surface area (Å²) in [5.41, 5.74) is 4.23. The molecule has 0 amide bonds. The highest BCUT2D eigenvalue weighted by Crippen LogP contribution is 2.27. The van der Waals surface area contributed by atoms with E-state index in [1.54, 1.807) is 6.21 Å². The summed E-state index contributed by atoms with van der Waals surface area (Å²) >= 11 is 11.8. The van der Waals surface area contributed by atoms with Crippen molar-refractivity contribution in [2.24, 2.45) is 4.99 Å². The third-order valence-electron chi connectivity index (χ3n) is 3.93. The molecule has 1 heterocycles. The number of fused-ring (bicyclic) bond motifs is 1. The predicted molar refractivity (Wildman–Crippen MR) is 113 cm³/mol. The molecule has 0 atom stereocenters. The molecule has 4 aromatic rings. The van der Waals surface area contributed by atoms with Gasteiger partial charge in [0.05, 0.1) is 5.69 Å². The maximum absolute atomic E-state index is 5.93. The molecule has 0 bridgehead atoms. The second kappa shape index (κ2) is 7.78. The first kappa shape index (κ1) is 17.5. The number of aromatic nitrogens is 1. The van der Waals surface area contributed by atoms with Crippen molar-refractivity contribution in [3.05, 3.63) is 88.4 Å². The molecule has 5 heteroatoms. The van der Waals surface area contributed by atoms with Gasteiger partial charge in [-0.1, -0.05) is 41.4 Å². The van der Waals surface area contributed by atoms with Crippen molar-refractivity contribution in [3.8, 4) is 11.5 Å². The molecule has 0 aliphatic carbocycles. The van der Waals surface area contributed by atoms with E-state index in [0.717, 1.165) is 32.9 Å². The van der Waals surface area contributed by atoms with Crippen molar-refractivity contribution in [3.63, 3.8) is 0 Å². The van der Waals surface area contributed by atoms with Gasteiger partial charge in [0.15, 0.2) is 5.58 Å². The molecular formula is C22H14Cl2N2O. The van der Waals surface area contributed by atoms with E-state index in [4.69, 9.17) is 27.6 Å². The molecular weight excluding hydrogens is 379 g/mol. The smallest absolute Gasteiger partial charge is 0.227 e. The normalized spacial score (nSPS) is 11.8. The number of benzene rings is 3. The molecule has 27 heavy (non-hydrogen) atoms. The zero-order valence-corrected chi connectivity index (χ0v) is 15.7. The van der Waals surface area contributed by atoms with Crippen molar-refractivity contribution in [1.29, 1.82) is 0 Å². The fourth-order valence-electron chi connectivity index (χ4n) is 2.57. The Bertz CT molecular complexity index is 1130. The highest BCUT2D eigenvalue weighted by molar-refractivity contribution is 6.30. The number of aliphatic imine (C=N–C) groups is 1. The molecule has 0 radical (unpaired) electrons. The summed E-state index contributed by atoms with van der Waals surface area (Å²) in [4.78, 5) is 8.99. The van der Waals surface area contributed by atoms with Crippen LogP contribution in [0.2, 0.25) is 10.0 Å². The quantitative estimate of drug-likeness (QED) is 0.343. The van der Waals surface area contributed by atoms with Crippen LogP contribution in [0.15, 0.2) is 82.2 Å². The average molecular weight is 393 g/mol. The topological polar surface area (TPSA) is 38.4 Å². The Morgan fingerprint density at radius 2 is 1.56 bits per heavy atom. The van der Waals surface area contributed by atoms with Crippen molar-refractivity contribution in [2.75, 3.05) is 0 Å². The average Bonchev–Trinajstić information content (AvgIpc) is 3.10. The number of halogens is 2. The lowest BCUT2D eigenvalue weighted by molar-refractivity contribution is 0.620. The Balaban J connectivity index is 1.52. The second-order valence-corrected chi connectivity index (χ2v) is 6.74. The van der Waals surface area contributed by atoms with Crippen molar-refractivity contribution in [1.82, 2.24) is 4.98 Å². The van der Waals surface area contributed by atoms with E-state index < -0.39 is 0 Å². The third kappa shape index (κ3) is 4.27. The molecule has 3 nitrogen and oxygen atoms in total. The van der Waals surface area contributed by atoms with Gasteiger partial charge in [0.2, 0.25) is 5.89 Å². The van der Waals surface area contributed by atoms with Gasteiger partial charge in [0.1, 0.15) is 5.52 Å². The van der Waals surface area contributed by atoms with Gasteiger partial charge in [-0.15, -0.1) is 0 Å². The SMILES string of the molecule is Clc1ccc(C=CC=Nc2ccc3oc(-c4ccc(Cl)cc4)nc3c2)cc1. The lowest BCUT2D eigenvalue weighted by Gasteiger charge is -1.94. The first-order chi connectivity index (χ1) is 13.2. The first-order valence-electron chi connectivity index (χ1n) is 8.30. The van der Waals surface area contributed by atoms with E-state index in [1.807, 2.05) is 78.9 Å². The van der Waals surface area contributed by atoms with Crippen LogP contribution >= 0.6 is 23.2 Å². The summed E-state index contributed by atoms with van der Waals surface area (Å²) in [7, 11) is 0. The number of rotatable bonds is 4. The van der Waals surface area contributed by atoms with Gasteiger partial charge < -0.3 is 4.42 Å². The Labute approximate surface area is 166 Å². The van der Waals surface area contributed by atoms with Crippen molar-refractivity contribution >= 4 is 52.3 Å². The lowest BCUT2D eigenvalue weighted by atomic mass is 10.2. The summed E-state index contributed by atoms with van der Waals surface area (Å²) in [6, 6.07) is 20.7. The Hall–Kier alpha value is -2.88. The summed E-state index contributed by atoms with van der Waals surface area (Å²) in [5, 5.41) is 1.40. The number of hydrogen-bond acceptors (Lipinski definition) is 3. The zero-order chi connectivity index (χ0) is 18.6. The standard InChI is InChI=1S/C22H14Cl2N2O/c23-17-7-3-15(4-8-17)2-1-13-25-19-11-12-21-20(14-19)26-22(27-21)16-5-9-18(24)10-6-16/h1-14H. The molecule has 0 N–H and O–H groups in total. The summed E-state index contributed by atoms with van der Waals surface area (Å²) in [6.07, 6.45) is 5.60. The van der Waals surface area contributed by atoms with E-state index in [-0.39, 0.29) is 0 Å². The molecule has 0 saturated heterocycles. The molecule has 0 aliphatic rings. The first-order valence-corrected chi connectivity index (χ1v) is 9.06. The van der Waals surface area contributed by atoms with Crippen LogP contribution in [-0.2, 0) is 0 Å². The fourth-order valence-corrected chi connectivity index (χ4v) is 2.82. The maximum Gasteiger partial charge on any atom is 0.227 e. The van der Waals surface area contributed by atoms with Crippen LogP contribution in [0.4, 0.5) is 5.69 Å². The number of hydrogen-bond donors (Lipinski definition) is 0. The van der Waals surface area contributed by atoms with Crippen LogP contribution in [0.25, 0.3) is 28.6 Å². The Kier molecular flexibility index (Phi) is 5.05. The van der Waals surface area contributed by atoms with Crippen molar-refractivity contribution < 1.29 is 4.42 Å². The van der Waals surface area contributed by atoms with Gasteiger partial charge in [-0.05, 0) is 66.2 Å². The minimum atomic E-state index is 0.561. The van der Waals surface area contributed by atoms with E-state index in [9.17, 15) is 0 Å². The Morgan fingerprint density at radius 1 is 0.852 bits per heavy atom. The highest BCUT2D eigenvalue weighted by Gasteiger charge is 2.08. The zero-order valence-electron chi connectivity index (χ0n) is 14.1. The molecule has 0 saturated carbocycles. The third-order valence-corrected chi connectivity index (χ3v) is 4.43. The number of nitrogens with zero attached hydrogens (tertiary/aromatic N) is 2. The summed E-state index contributed by atoms with van der Waals surface area (Å²) in [6.45, 7) is 0. The van der Waals surface area contributed by atoms with Gasteiger partial charge in [-0.2, -0.15) is 0 Å². The van der Waals surface area contributed by atoms with Crippen LogP contribution in [0, 0.1) is 0 Å². The highest BCUT2D eigenvalue weighted by atomic mass is 35.5. The van der Waals surface area contributed by atoms with Gasteiger partial charge in [-0.25, -0.2) is 4.98 Å². The van der Waals surface area contributed by atoms with Gasteiger partial charge >= 0.3 is 0 Å². The fraction of sp³-hybridized carbons (Fsp3) is 0. The van der Waals surface area contributed by atoms with Crippen LogP contribution in [-0.4, -0.2) is 11.2 Å². The van der Waals surface area contributed by atoms with Gasteiger partial charge in [-0.3, -0.25) is 4.99 Å². The Morgan fingerprint density at radius 3 is 2.30 bits per heavy atom. The lowest BCUT2D eigenvalue weighted by Crippen LogP contribution is -1.76. The number of oxazole rings is 1. The summed E-state index contributed by atoms with van der Waals surface area (Å²) < 4.78 is 5.81. The second-order valence-electron chi connectivity index (χ2n) is 5.87. The van der Waals surface area contributed by atoms with Gasteiger partial charge in [0.25, 0.3) is 0 Å². The van der Waals surface area contributed by atoms with Crippen LogP contribution in [0.5, 0.6) is 0 Å². The largest absolute Gasteiger partial charge is 0.436 e. The van der Waals surface area contributed by atoms with Crippen LogP contribution in [0.1, 0.15) is 5.56 Å². The van der Waals surface area contributed by atoms with E-state index in [1.165, 1.54) is 0 Å². The van der Waals surface area contributed by atoms with Crippen LogP contribution in [0.3, 0.4) is 0 Å². The maximum atomic E-state index is 5.93. The molecule has 3 aromatic carbocycles. The van der Waals surface area contributed by atoms with E-state index >= 15 is 0 Å². The minimum Gasteiger partial charge on any atom is -0.436 e. The minimum absolute atomic E-state index is 0.561. The van der Waals surface area contributed by atoms with Crippen LogP contribution < -0.4 is 0 Å². The van der Waals surface area contributed by atoms with Crippen molar-refractivity contribution in [2.45, 2.75) is 0 Å². The van der Waals surface area contributed by atoms with E-state index in [0.29, 0.717) is 10.9 Å². The van der Waals surface area contributed by atoms with E-state index in [2.05, 4.69) is 9.98 Å². The predicted octanol–water partition coefficient (Wildman–Crippen LogP) is 7.22. The molecule has 0 fully saturated rings. The molecule has 132 valence electrons. The van der Waals surface area contributed by atoms with Gasteiger partial charge in [0, 0.05) is 21.8 Å². The summed E-state index contributed by atoms with van der Waals surface area (Å²) in [5.74, 6) is 0.561. The monoisotopic (exact) mass is 392 g/mol. The molecule has 0 spiro atoms. The number of allylic oxidation sites excluding steroid dienone is 1. The molecule has 0 aliphatic heterocycles.